The summed E-state index contributed by atoms with van der Waals surface area (Å²) in [4.78, 5) is 4.20. The maximum absolute atomic E-state index is 4.20. The fourth-order valence-corrected chi connectivity index (χ4v) is 2.40. The van der Waals surface area contributed by atoms with Gasteiger partial charge in [-0.05, 0) is 52.7 Å². The quantitative estimate of drug-likeness (QED) is 0.846. The molecule has 2 nitrogen and oxygen atoms in total. The van der Waals surface area contributed by atoms with Gasteiger partial charge in [0.1, 0.15) is 4.60 Å². The molecule has 2 rings (SSSR count). The Hall–Kier alpha value is -0.570. The van der Waals surface area contributed by atoms with Crippen molar-refractivity contribution < 1.29 is 0 Å². The van der Waals surface area contributed by atoms with Crippen molar-refractivity contribution in [2.75, 3.05) is 5.32 Å². The average Bonchev–Trinajstić information content (AvgIpc) is 2.12. The van der Waals surface area contributed by atoms with Crippen LogP contribution in [0.4, 0.5) is 5.69 Å². The van der Waals surface area contributed by atoms with E-state index < -0.39 is 0 Å². The lowest BCUT2D eigenvalue weighted by Gasteiger charge is -2.39. The second-order valence-corrected chi connectivity index (χ2v) is 5.41. The molecule has 82 valence electrons. The molecular weight excluding hydrogens is 252 g/mol. The topological polar surface area (TPSA) is 24.9 Å². The molecule has 0 atom stereocenters. The summed E-state index contributed by atoms with van der Waals surface area (Å²) >= 11 is 3.45. The highest BCUT2D eigenvalue weighted by molar-refractivity contribution is 9.10. The second kappa shape index (κ2) is 4.52. The molecular formula is C12H17BrN2. The van der Waals surface area contributed by atoms with Gasteiger partial charge in [0.25, 0.3) is 0 Å². The smallest absolute Gasteiger partial charge is 0.129 e. The van der Waals surface area contributed by atoms with Gasteiger partial charge in [0.2, 0.25) is 0 Å². The van der Waals surface area contributed by atoms with Crippen LogP contribution in [0.25, 0.3) is 0 Å². The van der Waals surface area contributed by atoms with Gasteiger partial charge in [-0.2, -0.15) is 0 Å². The molecule has 1 aliphatic carbocycles. The molecule has 1 fully saturated rings. The number of hydrogen-bond acceptors (Lipinski definition) is 2. The number of nitrogens with one attached hydrogen (secondary N) is 1. The van der Waals surface area contributed by atoms with Gasteiger partial charge in [0, 0.05) is 12.2 Å². The van der Waals surface area contributed by atoms with E-state index in [2.05, 4.69) is 46.1 Å². The van der Waals surface area contributed by atoms with Crippen molar-refractivity contribution in [2.24, 2.45) is 11.8 Å². The van der Waals surface area contributed by atoms with E-state index in [1.807, 2.05) is 6.07 Å². The Morgan fingerprint density at radius 2 is 2.20 bits per heavy atom. The average molecular weight is 269 g/mol. The van der Waals surface area contributed by atoms with E-state index in [0.717, 1.165) is 22.1 Å². The zero-order valence-corrected chi connectivity index (χ0v) is 10.8. The van der Waals surface area contributed by atoms with E-state index in [-0.39, 0.29) is 0 Å². The summed E-state index contributed by atoms with van der Waals surface area (Å²) in [5.41, 5.74) is 1.12. The van der Waals surface area contributed by atoms with Gasteiger partial charge >= 0.3 is 0 Å². The van der Waals surface area contributed by atoms with Crippen LogP contribution in [0, 0.1) is 11.8 Å². The Labute approximate surface area is 99.6 Å². The maximum Gasteiger partial charge on any atom is 0.129 e. The van der Waals surface area contributed by atoms with E-state index >= 15 is 0 Å². The summed E-state index contributed by atoms with van der Waals surface area (Å²) in [5, 5.41) is 3.52. The molecule has 1 heterocycles. The molecule has 1 saturated carbocycles. The van der Waals surface area contributed by atoms with E-state index in [1.54, 1.807) is 6.20 Å². The summed E-state index contributed by atoms with van der Waals surface area (Å²) < 4.78 is 0.915. The van der Waals surface area contributed by atoms with Gasteiger partial charge in [0.15, 0.2) is 0 Å². The summed E-state index contributed by atoms with van der Waals surface area (Å²) in [6.45, 7) is 4.61. The second-order valence-electron chi connectivity index (χ2n) is 4.66. The highest BCUT2D eigenvalue weighted by Gasteiger charge is 2.31. The summed E-state index contributed by atoms with van der Waals surface area (Å²) in [5.74, 6) is 1.72. The fraction of sp³-hybridized carbons (Fsp3) is 0.583. The number of pyridine rings is 1. The monoisotopic (exact) mass is 268 g/mol. The number of rotatable bonds is 3. The Kier molecular flexibility index (Phi) is 3.29. The number of halogens is 1. The number of anilines is 1. The molecule has 0 unspecified atom stereocenters. The lowest BCUT2D eigenvalue weighted by Crippen LogP contribution is -2.38. The fourth-order valence-electron chi connectivity index (χ4n) is 2.04. The van der Waals surface area contributed by atoms with Crippen LogP contribution in [0.1, 0.15) is 26.7 Å². The molecule has 1 aromatic heterocycles. The van der Waals surface area contributed by atoms with Gasteiger partial charge in [-0.1, -0.05) is 13.8 Å². The molecule has 15 heavy (non-hydrogen) atoms. The first-order chi connectivity index (χ1) is 7.16. The van der Waals surface area contributed by atoms with E-state index in [4.69, 9.17) is 0 Å². The third kappa shape index (κ3) is 2.51. The van der Waals surface area contributed by atoms with E-state index in [1.165, 1.54) is 12.8 Å². The minimum absolute atomic E-state index is 0.637. The molecule has 0 aromatic carbocycles. The van der Waals surface area contributed by atoms with Crippen LogP contribution in [0.5, 0.6) is 0 Å². The van der Waals surface area contributed by atoms with Crippen LogP contribution in [0.15, 0.2) is 22.9 Å². The third-order valence-electron chi connectivity index (χ3n) is 3.24. The molecule has 0 radical (unpaired) electrons. The zero-order valence-electron chi connectivity index (χ0n) is 9.20. The van der Waals surface area contributed by atoms with Crippen LogP contribution in [-0.4, -0.2) is 11.0 Å². The van der Waals surface area contributed by atoms with Crippen molar-refractivity contribution in [3.8, 4) is 0 Å². The molecule has 0 amide bonds. The predicted octanol–water partition coefficient (Wildman–Crippen LogP) is 3.69. The largest absolute Gasteiger partial charge is 0.380 e. The summed E-state index contributed by atoms with van der Waals surface area (Å²) in [7, 11) is 0. The van der Waals surface area contributed by atoms with Crippen molar-refractivity contribution in [3.05, 3.63) is 22.9 Å². The van der Waals surface area contributed by atoms with Crippen LogP contribution < -0.4 is 5.32 Å². The minimum atomic E-state index is 0.637. The van der Waals surface area contributed by atoms with Crippen LogP contribution in [-0.2, 0) is 0 Å². The van der Waals surface area contributed by atoms with E-state index in [0.29, 0.717) is 6.04 Å². The first-order valence-corrected chi connectivity index (χ1v) is 6.33. The standard InChI is InChI=1S/C12H17BrN2/c1-8(2)9-6-10(7-9)15-11-4-3-5-14-12(11)13/h3-5,8-10,15H,6-7H2,1-2H3. The van der Waals surface area contributed by atoms with E-state index in [9.17, 15) is 0 Å². The van der Waals surface area contributed by atoms with Crippen molar-refractivity contribution in [1.29, 1.82) is 0 Å². The van der Waals surface area contributed by atoms with Gasteiger partial charge < -0.3 is 5.32 Å². The van der Waals surface area contributed by atoms with Gasteiger partial charge in [-0.15, -0.1) is 0 Å². The van der Waals surface area contributed by atoms with Crippen LogP contribution >= 0.6 is 15.9 Å². The van der Waals surface area contributed by atoms with Gasteiger partial charge in [0.05, 0.1) is 5.69 Å². The number of hydrogen-bond donors (Lipinski definition) is 1. The third-order valence-corrected chi connectivity index (χ3v) is 3.87. The molecule has 0 aliphatic heterocycles. The highest BCUT2D eigenvalue weighted by atomic mass is 79.9. The van der Waals surface area contributed by atoms with Crippen molar-refractivity contribution in [2.45, 2.75) is 32.7 Å². The van der Waals surface area contributed by atoms with Crippen LogP contribution in [0.2, 0.25) is 0 Å². The first kappa shape index (κ1) is 10.9. The highest BCUT2D eigenvalue weighted by Crippen LogP contribution is 2.36. The lowest BCUT2D eigenvalue weighted by atomic mass is 9.73. The SMILES string of the molecule is CC(C)C1CC(Nc2cccnc2Br)C1. The normalized spacial score (nSPS) is 25.1. The Morgan fingerprint density at radius 3 is 2.80 bits per heavy atom. The molecule has 1 aromatic rings. The van der Waals surface area contributed by atoms with Crippen molar-refractivity contribution in [3.63, 3.8) is 0 Å². The predicted molar refractivity (Wildman–Crippen MR) is 66.9 cm³/mol. The molecule has 0 bridgehead atoms. The first-order valence-electron chi connectivity index (χ1n) is 5.54. The molecule has 3 heteroatoms. The lowest BCUT2D eigenvalue weighted by molar-refractivity contribution is 0.211. The molecule has 0 spiro atoms. The maximum atomic E-state index is 4.20. The number of nitrogens with zero attached hydrogens (tertiary/aromatic N) is 1. The molecule has 1 N–H and O–H groups in total. The summed E-state index contributed by atoms with van der Waals surface area (Å²) in [6.07, 6.45) is 4.38. The zero-order chi connectivity index (χ0) is 10.8. The Morgan fingerprint density at radius 1 is 1.47 bits per heavy atom. The Balaban J connectivity index is 1.88. The van der Waals surface area contributed by atoms with Crippen molar-refractivity contribution >= 4 is 21.6 Å². The van der Waals surface area contributed by atoms with Crippen molar-refractivity contribution in [1.82, 2.24) is 4.98 Å². The molecule has 0 saturated heterocycles. The van der Waals surface area contributed by atoms with Crippen LogP contribution in [0.3, 0.4) is 0 Å². The van der Waals surface area contributed by atoms with Gasteiger partial charge in [-0.3, -0.25) is 0 Å². The number of aromatic nitrogens is 1. The minimum Gasteiger partial charge on any atom is -0.380 e. The Bertz CT molecular complexity index is 332. The summed E-state index contributed by atoms with van der Waals surface area (Å²) in [6, 6.07) is 4.67. The van der Waals surface area contributed by atoms with Gasteiger partial charge in [-0.25, -0.2) is 4.98 Å². The molecule has 1 aliphatic rings.